The van der Waals surface area contributed by atoms with Crippen LogP contribution < -0.4 is 10.1 Å². The Balaban J connectivity index is 1.48. The van der Waals surface area contributed by atoms with E-state index in [0.29, 0.717) is 13.0 Å². The average Bonchev–Trinajstić information content (AvgIpc) is 2.84. The highest BCUT2D eigenvalue weighted by Crippen LogP contribution is 2.33. The molecule has 0 atom stereocenters. The molecule has 0 saturated carbocycles. The predicted octanol–water partition coefficient (Wildman–Crippen LogP) is 4.74. The molecule has 1 aliphatic heterocycles. The molecule has 0 spiro atoms. The Morgan fingerprint density at radius 1 is 1.16 bits per heavy atom. The number of carbonyl (C=O) groups is 1. The Kier molecular flexibility index (Phi) is 7.22. The third-order valence-electron chi connectivity index (χ3n) is 5.93. The number of benzene rings is 2. The summed E-state index contributed by atoms with van der Waals surface area (Å²) < 4.78 is 11.4. The van der Waals surface area contributed by atoms with Crippen molar-refractivity contribution in [2.75, 3.05) is 38.7 Å². The highest BCUT2D eigenvalue weighted by Gasteiger charge is 2.23. The van der Waals surface area contributed by atoms with E-state index in [1.807, 2.05) is 36.2 Å². The van der Waals surface area contributed by atoms with Gasteiger partial charge in [0.05, 0.1) is 12.1 Å². The molecule has 6 heteroatoms. The van der Waals surface area contributed by atoms with Crippen LogP contribution in [-0.4, -0.2) is 55.2 Å². The van der Waals surface area contributed by atoms with Crippen LogP contribution in [0.5, 0.6) is 5.75 Å². The molecule has 0 bridgehead atoms. The summed E-state index contributed by atoms with van der Waals surface area (Å²) >= 11 is 0. The molecule has 1 aliphatic rings. The van der Waals surface area contributed by atoms with Crippen molar-refractivity contribution in [1.82, 2.24) is 9.88 Å². The van der Waals surface area contributed by atoms with Crippen molar-refractivity contribution < 1.29 is 14.3 Å². The van der Waals surface area contributed by atoms with Crippen LogP contribution in [0.1, 0.15) is 26.2 Å². The molecule has 1 aromatic heterocycles. The first kappa shape index (κ1) is 22.1. The van der Waals surface area contributed by atoms with Crippen LogP contribution in [0.2, 0.25) is 0 Å². The van der Waals surface area contributed by atoms with Gasteiger partial charge in [0.1, 0.15) is 11.9 Å². The molecule has 1 N–H and O–H groups in total. The van der Waals surface area contributed by atoms with Gasteiger partial charge in [-0.2, -0.15) is 0 Å². The summed E-state index contributed by atoms with van der Waals surface area (Å²) in [5.41, 5.74) is 4.23. The molecule has 4 rings (SSSR count). The van der Waals surface area contributed by atoms with Crippen LogP contribution in [0.25, 0.3) is 22.0 Å². The zero-order valence-electron chi connectivity index (χ0n) is 18.8. The van der Waals surface area contributed by atoms with Crippen LogP contribution in [0, 0.1) is 0 Å². The molecular weight excluding hydrogens is 402 g/mol. The van der Waals surface area contributed by atoms with Gasteiger partial charge in [0.25, 0.3) is 0 Å². The molecule has 1 saturated heterocycles. The van der Waals surface area contributed by atoms with Crippen molar-refractivity contribution in [2.45, 2.75) is 32.3 Å². The lowest BCUT2D eigenvalue weighted by molar-refractivity contribution is -0.132. The smallest absolute Gasteiger partial charge is 0.222 e. The number of piperidine rings is 1. The first-order chi connectivity index (χ1) is 15.7. The van der Waals surface area contributed by atoms with Gasteiger partial charge in [-0.1, -0.05) is 25.1 Å². The van der Waals surface area contributed by atoms with E-state index < -0.39 is 0 Å². The number of nitrogens with one attached hydrogen (secondary N) is 1. The van der Waals surface area contributed by atoms with Gasteiger partial charge in [-0.3, -0.25) is 9.78 Å². The van der Waals surface area contributed by atoms with Crippen LogP contribution in [-0.2, 0) is 9.53 Å². The monoisotopic (exact) mass is 433 g/mol. The first-order valence-corrected chi connectivity index (χ1v) is 11.3. The van der Waals surface area contributed by atoms with E-state index in [-0.39, 0.29) is 12.0 Å². The number of aromatic nitrogens is 1. The lowest BCUT2D eigenvalue weighted by Gasteiger charge is -2.32. The van der Waals surface area contributed by atoms with E-state index in [1.54, 1.807) is 7.11 Å². The number of hydrogen-bond acceptors (Lipinski definition) is 5. The van der Waals surface area contributed by atoms with Crippen LogP contribution >= 0.6 is 0 Å². The summed E-state index contributed by atoms with van der Waals surface area (Å²) in [6.07, 6.45) is 4.28. The number of fused-ring (bicyclic) bond motifs is 1. The van der Waals surface area contributed by atoms with E-state index >= 15 is 0 Å². The maximum Gasteiger partial charge on any atom is 0.222 e. The number of rotatable bonds is 8. The molecule has 1 fully saturated rings. The SMILES string of the molecule is CCC(=O)N1CCC(Oc2ccc(-c3cc4ncccc4cc3NCCOC)cc2)CC1. The van der Waals surface area contributed by atoms with E-state index in [2.05, 4.69) is 40.6 Å². The topological polar surface area (TPSA) is 63.7 Å². The number of likely N-dealkylation sites (tertiary alicyclic amines) is 1. The average molecular weight is 434 g/mol. The van der Waals surface area contributed by atoms with Crippen molar-refractivity contribution in [3.8, 4) is 16.9 Å². The second kappa shape index (κ2) is 10.5. The Morgan fingerprint density at radius 3 is 2.66 bits per heavy atom. The van der Waals surface area contributed by atoms with Crippen LogP contribution in [0.4, 0.5) is 5.69 Å². The minimum absolute atomic E-state index is 0.151. The second-order valence-corrected chi connectivity index (χ2v) is 8.09. The molecule has 168 valence electrons. The lowest BCUT2D eigenvalue weighted by atomic mass is 10.0. The van der Waals surface area contributed by atoms with Crippen molar-refractivity contribution in [3.63, 3.8) is 0 Å². The largest absolute Gasteiger partial charge is 0.490 e. The number of ether oxygens (including phenoxy) is 2. The van der Waals surface area contributed by atoms with Crippen molar-refractivity contribution >= 4 is 22.5 Å². The number of nitrogens with zero attached hydrogens (tertiary/aromatic N) is 2. The van der Waals surface area contributed by atoms with Gasteiger partial charge in [-0.15, -0.1) is 0 Å². The Bertz CT molecular complexity index is 1040. The minimum atomic E-state index is 0.151. The van der Waals surface area contributed by atoms with Gasteiger partial charge < -0.3 is 19.7 Å². The number of amides is 1. The van der Waals surface area contributed by atoms with E-state index in [9.17, 15) is 4.79 Å². The number of methoxy groups -OCH3 is 1. The second-order valence-electron chi connectivity index (χ2n) is 8.09. The standard InChI is InChI=1S/C26H31N3O3/c1-3-26(30)29-14-10-22(11-15-29)32-21-8-6-19(7-9-21)23-18-24-20(5-4-12-27-24)17-25(23)28-13-16-31-2/h4-9,12,17-18,22,28H,3,10-11,13-16H2,1-2H3. The maximum absolute atomic E-state index is 11.9. The van der Waals surface area contributed by atoms with E-state index in [1.165, 1.54) is 0 Å². The summed E-state index contributed by atoms with van der Waals surface area (Å²) in [4.78, 5) is 18.3. The van der Waals surface area contributed by atoms with Gasteiger partial charge in [-0.05, 0) is 35.9 Å². The Morgan fingerprint density at radius 2 is 1.94 bits per heavy atom. The number of anilines is 1. The molecule has 0 radical (unpaired) electrons. The molecule has 0 unspecified atom stereocenters. The number of hydrogen-bond donors (Lipinski definition) is 1. The van der Waals surface area contributed by atoms with E-state index in [4.69, 9.17) is 9.47 Å². The molecule has 2 heterocycles. The Hall–Kier alpha value is -3.12. The number of pyridine rings is 1. The van der Waals surface area contributed by atoms with Crippen molar-refractivity contribution in [1.29, 1.82) is 0 Å². The molecule has 0 aliphatic carbocycles. The van der Waals surface area contributed by atoms with E-state index in [0.717, 1.165) is 65.9 Å². The lowest BCUT2D eigenvalue weighted by Crippen LogP contribution is -2.41. The Labute approximate surface area is 189 Å². The fraction of sp³-hybridized carbons (Fsp3) is 0.385. The highest BCUT2D eigenvalue weighted by molar-refractivity contribution is 5.92. The third kappa shape index (κ3) is 5.19. The minimum Gasteiger partial charge on any atom is -0.490 e. The van der Waals surface area contributed by atoms with Gasteiger partial charge in [0.2, 0.25) is 5.91 Å². The van der Waals surface area contributed by atoms with Crippen molar-refractivity contribution in [3.05, 3.63) is 54.7 Å². The molecule has 3 aromatic rings. The molecule has 32 heavy (non-hydrogen) atoms. The zero-order chi connectivity index (χ0) is 22.3. The normalized spacial score (nSPS) is 14.5. The summed E-state index contributed by atoms with van der Waals surface area (Å²) in [5.74, 6) is 1.09. The summed E-state index contributed by atoms with van der Waals surface area (Å²) in [6, 6.07) is 16.5. The molecule has 2 aromatic carbocycles. The fourth-order valence-electron chi connectivity index (χ4n) is 4.15. The quantitative estimate of drug-likeness (QED) is 0.520. The van der Waals surface area contributed by atoms with Crippen molar-refractivity contribution in [2.24, 2.45) is 0 Å². The van der Waals surface area contributed by atoms with Gasteiger partial charge in [0, 0.05) is 68.8 Å². The third-order valence-corrected chi connectivity index (χ3v) is 5.93. The maximum atomic E-state index is 11.9. The van der Waals surface area contributed by atoms with Crippen LogP contribution in [0.15, 0.2) is 54.7 Å². The highest BCUT2D eigenvalue weighted by atomic mass is 16.5. The number of carbonyl (C=O) groups excluding carboxylic acids is 1. The van der Waals surface area contributed by atoms with Gasteiger partial charge >= 0.3 is 0 Å². The summed E-state index contributed by atoms with van der Waals surface area (Å²) in [7, 11) is 1.71. The molecular formula is C26H31N3O3. The molecule has 6 nitrogen and oxygen atoms in total. The van der Waals surface area contributed by atoms with Gasteiger partial charge in [-0.25, -0.2) is 0 Å². The van der Waals surface area contributed by atoms with Gasteiger partial charge in [0.15, 0.2) is 0 Å². The zero-order valence-corrected chi connectivity index (χ0v) is 18.8. The summed E-state index contributed by atoms with van der Waals surface area (Å²) in [6.45, 7) is 4.83. The summed E-state index contributed by atoms with van der Waals surface area (Å²) in [5, 5.41) is 4.59. The predicted molar refractivity (Wildman–Crippen MR) is 128 cm³/mol. The van der Waals surface area contributed by atoms with Crippen LogP contribution in [0.3, 0.4) is 0 Å². The molecule has 1 amide bonds. The fourth-order valence-corrected chi connectivity index (χ4v) is 4.15. The first-order valence-electron chi connectivity index (χ1n) is 11.3.